The fraction of sp³-hybridized carbons (Fsp3) is 0.278. The molecule has 4 rings (SSSR count). The molecule has 0 aliphatic rings. The SMILES string of the molecule is CC.COc1ccc(-c2ccc(C(=O)NC(CCc3ccccc3)C(CO)Cc3cccc(C(=N)N)c3)cc2)cc1OC. The Balaban J connectivity index is 0.00000248. The summed E-state index contributed by atoms with van der Waals surface area (Å²) >= 11 is 0. The van der Waals surface area contributed by atoms with Crippen LogP contribution in [0.4, 0.5) is 0 Å². The summed E-state index contributed by atoms with van der Waals surface area (Å²) in [5, 5.41) is 21.4. The highest BCUT2D eigenvalue weighted by Crippen LogP contribution is 2.32. The van der Waals surface area contributed by atoms with Crippen molar-refractivity contribution >= 4 is 11.7 Å². The molecular weight excluding hydrogens is 538 g/mol. The third-order valence-electron chi connectivity index (χ3n) is 7.31. The second-order valence-electron chi connectivity index (χ2n) is 10.0. The lowest BCUT2D eigenvalue weighted by atomic mass is 9.88. The number of aliphatic hydroxyl groups excluding tert-OH is 1. The molecule has 0 spiro atoms. The Morgan fingerprint density at radius 3 is 2.09 bits per heavy atom. The Kier molecular flexibility index (Phi) is 12.8. The van der Waals surface area contributed by atoms with Gasteiger partial charge in [0.2, 0.25) is 0 Å². The maximum atomic E-state index is 13.4. The minimum absolute atomic E-state index is 0.00198. The van der Waals surface area contributed by atoms with Gasteiger partial charge in [0, 0.05) is 29.7 Å². The number of aliphatic hydroxyl groups is 1. The first-order valence-corrected chi connectivity index (χ1v) is 14.6. The zero-order chi connectivity index (χ0) is 31.2. The van der Waals surface area contributed by atoms with Gasteiger partial charge in [0.1, 0.15) is 5.84 Å². The molecule has 226 valence electrons. The molecule has 2 atom stereocenters. The van der Waals surface area contributed by atoms with E-state index in [1.54, 1.807) is 32.4 Å². The topological polar surface area (TPSA) is 118 Å². The Bertz CT molecular complexity index is 1460. The summed E-state index contributed by atoms with van der Waals surface area (Å²) in [7, 11) is 3.20. The smallest absolute Gasteiger partial charge is 0.251 e. The van der Waals surface area contributed by atoms with Crippen LogP contribution in [0.15, 0.2) is 97.1 Å². The summed E-state index contributed by atoms with van der Waals surface area (Å²) in [5.74, 6) is 0.865. The average molecular weight is 582 g/mol. The number of carbonyl (C=O) groups is 1. The third kappa shape index (κ3) is 9.18. The van der Waals surface area contributed by atoms with E-state index in [0.717, 1.165) is 23.1 Å². The molecule has 2 unspecified atom stereocenters. The van der Waals surface area contributed by atoms with E-state index in [9.17, 15) is 9.90 Å². The van der Waals surface area contributed by atoms with Gasteiger partial charge in [0.15, 0.2) is 11.5 Å². The number of methoxy groups -OCH3 is 2. The highest BCUT2D eigenvalue weighted by molar-refractivity contribution is 5.95. The van der Waals surface area contributed by atoms with Crippen molar-refractivity contribution in [2.24, 2.45) is 11.7 Å². The van der Waals surface area contributed by atoms with Crippen molar-refractivity contribution in [2.75, 3.05) is 20.8 Å². The number of nitrogens with one attached hydrogen (secondary N) is 2. The van der Waals surface area contributed by atoms with Crippen molar-refractivity contribution in [1.82, 2.24) is 5.32 Å². The van der Waals surface area contributed by atoms with Crippen molar-refractivity contribution in [3.05, 3.63) is 119 Å². The van der Waals surface area contributed by atoms with E-state index in [4.69, 9.17) is 20.6 Å². The molecule has 0 heterocycles. The van der Waals surface area contributed by atoms with E-state index in [0.29, 0.717) is 35.5 Å². The van der Waals surface area contributed by atoms with Crippen molar-refractivity contribution in [3.63, 3.8) is 0 Å². The van der Waals surface area contributed by atoms with Gasteiger partial charge in [0.25, 0.3) is 5.91 Å². The van der Waals surface area contributed by atoms with Crippen molar-refractivity contribution < 1.29 is 19.4 Å². The van der Waals surface area contributed by atoms with E-state index < -0.39 is 0 Å². The van der Waals surface area contributed by atoms with Crippen LogP contribution in [0, 0.1) is 11.3 Å². The molecular formula is C36H43N3O4. The lowest BCUT2D eigenvalue weighted by molar-refractivity contribution is 0.0898. The Morgan fingerprint density at radius 1 is 0.814 bits per heavy atom. The molecule has 7 nitrogen and oxygen atoms in total. The maximum Gasteiger partial charge on any atom is 0.251 e. The van der Waals surface area contributed by atoms with Crippen LogP contribution < -0.4 is 20.5 Å². The first-order valence-electron chi connectivity index (χ1n) is 14.6. The molecule has 4 aromatic rings. The number of benzene rings is 4. The summed E-state index contributed by atoms with van der Waals surface area (Å²) in [6.45, 7) is 3.91. The van der Waals surface area contributed by atoms with E-state index in [-0.39, 0.29) is 30.3 Å². The Labute approximate surface area is 255 Å². The number of nitrogen functional groups attached to an aromatic ring is 1. The molecule has 0 aliphatic heterocycles. The number of hydrogen-bond acceptors (Lipinski definition) is 5. The largest absolute Gasteiger partial charge is 0.493 e. The van der Waals surface area contributed by atoms with Crippen LogP contribution in [0.1, 0.15) is 47.3 Å². The van der Waals surface area contributed by atoms with E-state index >= 15 is 0 Å². The van der Waals surface area contributed by atoms with Gasteiger partial charge in [-0.25, -0.2) is 0 Å². The van der Waals surface area contributed by atoms with Gasteiger partial charge < -0.3 is 25.6 Å². The number of carbonyl (C=O) groups excluding carboxylic acids is 1. The first-order chi connectivity index (χ1) is 20.9. The molecule has 43 heavy (non-hydrogen) atoms. The van der Waals surface area contributed by atoms with Gasteiger partial charge in [-0.1, -0.05) is 80.6 Å². The van der Waals surface area contributed by atoms with Crippen LogP contribution in [-0.4, -0.2) is 43.7 Å². The highest BCUT2D eigenvalue weighted by Gasteiger charge is 2.24. The Morgan fingerprint density at radius 2 is 1.47 bits per heavy atom. The maximum absolute atomic E-state index is 13.4. The van der Waals surface area contributed by atoms with Crippen LogP contribution in [0.5, 0.6) is 11.5 Å². The normalized spacial score (nSPS) is 11.8. The summed E-state index contributed by atoms with van der Waals surface area (Å²) in [6.07, 6.45) is 1.96. The quantitative estimate of drug-likeness (QED) is 0.110. The highest BCUT2D eigenvalue weighted by atomic mass is 16.5. The molecule has 0 saturated heterocycles. The molecule has 0 bridgehead atoms. The molecule has 4 aromatic carbocycles. The number of amides is 1. The van der Waals surface area contributed by atoms with E-state index in [2.05, 4.69) is 17.4 Å². The summed E-state index contributed by atoms with van der Waals surface area (Å²) in [4.78, 5) is 13.4. The summed E-state index contributed by atoms with van der Waals surface area (Å²) < 4.78 is 10.8. The second-order valence-corrected chi connectivity index (χ2v) is 10.0. The van der Waals surface area contributed by atoms with E-state index in [1.165, 1.54) is 5.56 Å². The van der Waals surface area contributed by atoms with Gasteiger partial charge >= 0.3 is 0 Å². The van der Waals surface area contributed by atoms with Gasteiger partial charge in [-0.2, -0.15) is 0 Å². The molecule has 0 radical (unpaired) electrons. The Hall–Kier alpha value is -4.62. The molecule has 0 saturated carbocycles. The molecule has 7 heteroatoms. The number of ether oxygens (including phenoxy) is 2. The number of rotatable bonds is 13. The lowest BCUT2D eigenvalue weighted by Gasteiger charge is -2.27. The predicted molar refractivity (Wildman–Crippen MR) is 174 cm³/mol. The van der Waals surface area contributed by atoms with E-state index in [1.807, 2.05) is 80.6 Å². The van der Waals surface area contributed by atoms with Crippen LogP contribution in [0.25, 0.3) is 11.1 Å². The molecule has 0 aliphatic carbocycles. The fourth-order valence-corrected chi connectivity index (χ4v) is 4.98. The number of aryl methyl sites for hydroxylation is 1. The van der Waals surface area contributed by atoms with Crippen molar-refractivity contribution in [1.29, 1.82) is 5.41 Å². The molecule has 5 N–H and O–H groups in total. The average Bonchev–Trinajstić information content (AvgIpc) is 3.06. The summed E-state index contributed by atoms with van der Waals surface area (Å²) in [5.41, 5.74) is 10.9. The van der Waals surface area contributed by atoms with Crippen molar-refractivity contribution in [2.45, 2.75) is 39.2 Å². The van der Waals surface area contributed by atoms with Gasteiger partial charge in [-0.15, -0.1) is 0 Å². The van der Waals surface area contributed by atoms with Gasteiger partial charge in [0.05, 0.1) is 14.2 Å². The minimum Gasteiger partial charge on any atom is -0.493 e. The number of hydrogen-bond donors (Lipinski definition) is 4. The van der Waals surface area contributed by atoms with Crippen LogP contribution >= 0.6 is 0 Å². The standard InChI is InChI=1S/C34H37N3O4.C2H6/c1-40-31-18-16-27(21-32(31)41-2)25-12-14-26(15-13-25)34(39)37-30(17-11-23-7-4-3-5-8-23)29(22-38)20-24-9-6-10-28(19-24)33(35)36;1-2/h3-10,12-16,18-19,21,29-30,38H,11,17,20,22H2,1-2H3,(H3,35,36)(H,37,39);1-2H3. The van der Waals surface area contributed by atoms with Gasteiger partial charge in [-0.3, -0.25) is 10.2 Å². The first kappa shape index (κ1) is 32.9. The fourth-order valence-electron chi connectivity index (χ4n) is 4.98. The molecule has 0 aromatic heterocycles. The van der Waals surface area contributed by atoms with Gasteiger partial charge in [-0.05, 0) is 71.8 Å². The minimum atomic E-state index is -0.279. The second kappa shape index (κ2) is 16.7. The predicted octanol–water partition coefficient (Wildman–Crippen LogP) is 6.26. The van der Waals surface area contributed by atoms with Crippen molar-refractivity contribution in [3.8, 4) is 22.6 Å². The van der Waals surface area contributed by atoms with Crippen LogP contribution in [0.2, 0.25) is 0 Å². The lowest BCUT2D eigenvalue weighted by Crippen LogP contribution is -2.43. The number of nitrogens with two attached hydrogens (primary N) is 1. The van der Waals surface area contributed by atoms with Crippen LogP contribution in [0.3, 0.4) is 0 Å². The molecule has 1 amide bonds. The zero-order valence-corrected chi connectivity index (χ0v) is 25.5. The van der Waals surface area contributed by atoms with Crippen LogP contribution in [-0.2, 0) is 12.8 Å². The molecule has 0 fully saturated rings. The zero-order valence-electron chi connectivity index (χ0n) is 25.5. The number of amidine groups is 1. The third-order valence-corrected chi connectivity index (χ3v) is 7.31. The monoisotopic (exact) mass is 581 g/mol. The summed E-state index contributed by atoms with van der Waals surface area (Å²) in [6, 6.07) is 30.4.